The molecule has 0 bridgehead atoms. The summed E-state index contributed by atoms with van der Waals surface area (Å²) in [6.45, 7) is -0.615. The monoisotopic (exact) mass is 393 g/mol. The van der Waals surface area contributed by atoms with E-state index >= 15 is 0 Å². The van der Waals surface area contributed by atoms with Crippen molar-refractivity contribution in [2.45, 2.75) is 25.3 Å². The van der Waals surface area contributed by atoms with Gasteiger partial charge in [0, 0.05) is 6.42 Å². The molecule has 150 valence electrons. The Hall–Kier alpha value is -3.22. The number of hydrogen-bond donors (Lipinski definition) is 3. The number of aryl methyl sites for hydroxylation is 1. The summed E-state index contributed by atoms with van der Waals surface area (Å²) in [6, 6.07) is 17.9. The molecule has 4 aromatic carbocycles. The van der Waals surface area contributed by atoms with Gasteiger partial charge in [0.2, 0.25) is 5.91 Å². The normalized spacial score (nSPS) is 12.2. The van der Waals surface area contributed by atoms with Gasteiger partial charge in [0.05, 0.1) is 6.61 Å². The molecular weight excluding hydrogens is 370 g/mol. The van der Waals surface area contributed by atoms with Crippen LogP contribution in [-0.4, -0.2) is 40.2 Å². The van der Waals surface area contributed by atoms with Crippen molar-refractivity contribution in [3.05, 3.63) is 60.2 Å². The minimum absolute atomic E-state index is 0. The van der Waals surface area contributed by atoms with Gasteiger partial charge in [-0.25, -0.2) is 4.79 Å². The average molecular weight is 393 g/mol. The van der Waals surface area contributed by atoms with E-state index in [0.717, 1.165) is 6.42 Å². The van der Waals surface area contributed by atoms with Gasteiger partial charge < -0.3 is 21.0 Å². The second-order valence-electron chi connectivity index (χ2n) is 7.08. The first-order chi connectivity index (χ1) is 13.6. The third-order valence-electron chi connectivity index (χ3n) is 5.28. The number of aliphatic carboxylic acids is 1. The average Bonchev–Trinajstić information content (AvgIpc) is 2.70. The lowest BCUT2D eigenvalue weighted by Gasteiger charge is -2.14. The van der Waals surface area contributed by atoms with E-state index in [2.05, 4.69) is 59.9 Å². The van der Waals surface area contributed by atoms with E-state index in [-0.39, 0.29) is 17.8 Å². The number of hydrogen-bond acceptors (Lipinski definition) is 3. The molecule has 0 unspecified atom stereocenters. The van der Waals surface area contributed by atoms with Crippen LogP contribution >= 0.6 is 0 Å². The van der Waals surface area contributed by atoms with Crippen LogP contribution < -0.4 is 5.32 Å². The van der Waals surface area contributed by atoms with Crippen molar-refractivity contribution in [3.8, 4) is 0 Å². The number of benzene rings is 4. The third-order valence-corrected chi connectivity index (χ3v) is 5.28. The van der Waals surface area contributed by atoms with Crippen molar-refractivity contribution >= 4 is 44.2 Å². The van der Waals surface area contributed by atoms with Crippen LogP contribution in [0.15, 0.2) is 54.6 Å². The predicted octanol–water partition coefficient (Wildman–Crippen LogP) is 2.64. The Balaban J connectivity index is 0.00000240. The summed E-state index contributed by atoms with van der Waals surface area (Å²) in [5.74, 6) is -1.60. The molecule has 0 aliphatic heterocycles. The van der Waals surface area contributed by atoms with Crippen molar-refractivity contribution in [3.63, 3.8) is 0 Å². The fourth-order valence-electron chi connectivity index (χ4n) is 3.91. The number of carboxylic acid groups (broad SMARTS) is 1. The van der Waals surface area contributed by atoms with Gasteiger partial charge in [-0.05, 0) is 50.7 Å². The topological polar surface area (TPSA) is 118 Å². The molecule has 0 saturated heterocycles. The third kappa shape index (κ3) is 3.85. The number of nitrogens with one attached hydrogen (secondary N) is 1. The predicted molar refractivity (Wildman–Crippen MR) is 113 cm³/mol. The minimum Gasteiger partial charge on any atom is -0.480 e. The van der Waals surface area contributed by atoms with Crippen molar-refractivity contribution in [2.75, 3.05) is 6.61 Å². The number of amides is 1. The SMILES string of the molecule is O.O=C(CCCc1ccc2ccc3cccc4ccc1c2c34)N[C@@H](CO)C(=O)O. The molecule has 0 heterocycles. The van der Waals surface area contributed by atoms with E-state index in [9.17, 15) is 9.59 Å². The highest BCUT2D eigenvalue weighted by molar-refractivity contribution is 6.23. The van der Waals surface area contributed by atoms with Gasteiger partial charge >= 0.3 is 5.97 Å². The fourth-order valence-corrected chi connectivity index (χ4v) is 3.91. The summed E-state index contributed by atoms with van der Waals surface area (Å²) >= 11 is 0. The van der Waals surface area contributed by atoms with E-state index in [0.29, 0.717) is 6.42 Å². The van der Waals surface area contributed by atoms with Crippen molar-refractivity contribution in [1.29, 1.82) is 0 Å². The van der Waals surface area contributed by atoms with Crippen LogP contribution in [0.1, 0.15) is 18.4 Å². The molecule has 0 aromatic heterocycles. The van der Waals surface area contributed by atoms with Gasteiger partial charge in [-0.2, -0.15) is 0 Å². The lowest BCUT2D eigenvalue weighted by atomic mass is 9.90. The first kappa shape index (κ1) is 20.5. The van der Waals surface area contributed by atoms with Crippen molar-refractivity contribution in [1.82, 2.24) is 5.32 Å². The maximum atomic E-state index is 12.0. The Morgan fingerprint density at radius 3 is 2.17 bits per heavy atom. The van der Waals surface area contributed by atoms with Gasteiger partial charge in [0.15, 0.2) is 0 Å². The van der Waals surface area contributed by atoms with Crippen LogP contribution in [0.25, 0.3) is 32.3 Å². The number of carbonyl (C=O) groups is 2. The Morgan fingerprint density at radius 1 is 0.897 bits per heavy atom. The van der Waals surface area contributed by atoms with Gasteiger partial charge in [-0.15, -0.1) is 0 Å². The molecule has 4 aromatic rings. The largest absolute Gasteiger partial charge is 0.480 e. The van der Waals surface area contributed by atoms with Crippen LogP contribution in [0.4, 0.5) is 0 Å². The minimum atomic E-state index is -1.25. The number of rotatable bonds is 7. The molecule has 0 aliphatic carbocycles. The van der Waals surface area contributed by atoms with E-state index in [1.165, 1.54) is 37.9 Å². The molecule has 1 atom stereocenters. The summed E-state index contributed by atoms with van der Waals surface area (Å²) in [5.41, 5.74) is 1.18. The van der Waals surface area contributed by atoms with E-state index in [1.54, 1.807) is 0 Å². The van der Waals surface area contributed by atoms with Gasteiger partial charge in [-0.1, -0.05) is 54.6 Å². The Morgan fingerprint density at radius 2 is 1.52 bits per heavy atom. The van der Waals surface area contributed by atoms with Crippen molar-refractivity contribution in [2.24, 2.45) is 0 Å². The van der Waals surface area contributed by atoms with E-state index in [1.807, 2.05) is 0 Å². The maximum Gasteiger partial charge on any atom is 0.328 e. The summed E-state index contributed by atoms with van der Waals surface area (Å²) in [5, 5.41) is 27.6. The molecule has 0 saturated carbocycles. The maximum absolute atomic E-state index is 12.0. The zero-order valence-corrected chi connectivity index (χ0v) is 15.8. The fraction of sp³-hybridized carbons (Fsp3) is 0.217. The Kier molecular flexibility index (Phi) is 5.96. The molecule has 6 heteroatoms. The molecule has 0 radical (unpaired) electrons. The van der Waals surface area contributed by atoms with Crippen LogP contribution in [0.2, 0.25) is 0 Å². The van der Waals surface area contributed by atoms with Crippen LogP contribution in [0.5, 0.6) is 0 Å². The van der Waals surface area contributed by atoms with Crippen LogP contribution in [0, 0.1) is 0 Å². The lowest BCUT2D eigenvalue weighted by molar-refractivity contribution is -0.142. The second-order valence-corrected chi connectivity index (χ2v) is 7.08. The molecule has 4 rings (SSSR count). The van der Waals surface area contributed by atoms with Gasteiger partial charge in [-0.3, -0.25) is 4.79 Å². The molecule has 5 N–H and O–H groups in total. The highest BCUT2D eigenvalue weighted by Gasteiger charge is 2.18. The summed E-state index contributed by atoms with van der Waals surface area (Å²) in [6.07, 6.45) is 1.54. The quantitative estimate of drug-likeness (QED) is 0.418. The smallest absolute Gasteiger partial charge is 0.328 e. The summed E-state index contributed by atoms with van der Waals surface area (Å²) < 4.78 is 0. The first-order valence-corrected chi connectivity index (χ1v) is 9.37. The van der Waals surface area contributed by atoms with Gasteiger partial charge in [0.1, 0.15) is 6.04 Å². The zero-order chi connectivity index (χ0) is 19.7. The Bertz CT molecular complexity index is 1150. The molecule has 0 aliphatic rings. The molecular formula is C23H23NO5. The highest BCUT2D eigenvalue weighted by atomic mass is 16.4. The molecule has 0 fully saturated rings. The van der Waals surface area contributed by atoms with E-state index < -0.39 is 18.6 Å². The zero-order valence-electron chi connectivity index (χ0n) is 15.8. The Labute approximate surface area is 167 Å². The van der Waals surface area contributed by atoms with E-state index in [4.69, 9.17) is 10.2 Å². The molecule has 0 spiro atoms. The van der Waals surface area contributed by atoms with Crippen LogP contribution in [-0.2, 0) is 16.0 Å². The standard InChI is InChI=1S/C23H21NO4.H2O/c25-13-19(23(27)28)24-20(26)6-2-3-14-7-8-17-10-9-15-4-1-5-16-11-12-18(14)22(17)21(15)16;/h1,4-5,7-12,19,25H,2-3,6,13H2,(H,24,26)(H,27,28);1H2/t19-;/m0./s1. The summed E-state index contributed by atoms with van der Waals surface area (Å²) in [4.78, 5) is 22.9. The number of aliphatic hydroxyl groups excluding tert-OH is 1. The lowest BCUT2D eigenvalue weighted by Crippen LogP contribution is -2.43. The number of aliphatic hydroxyl groups is 1. The van der Waals surface area contributed by atoms with Crippen LogP contribution in [0.3, 0.4) is 0 Å². The number of carboxylic acids is 1. The molecule has 29 heavy (non-hydrogen) atoms. The second kappa shape index (κ2) is 8.43. The molecule has 1 amide bonds. The highest BCUT2D eigenvalue weighted by Crippen LogP contribution is 2.36. The first-order valence-electron chi connectivity index (χ1n) is 9.37. The van der Waals surface area contributed by atoms with Gasteiger partial charge in [0.25, 0.3) is 0 Å². The number of carbonyl (C=O) groups excluding carboxylic acids is 1. The molecule has 6 nitrogen and oxygen atoms in total. The summed E-state index contributed by atoms with van der Waals surface area (Å²) in [7, 11) is 0. The van der Waals surface area contributed by atoms with Crippen molar-refractivity contribution < 1.29 is 25.3 Å².